The Hall–Kier alpha value is -0.940. The van der Waals surface area contributed by atoms with Gasteiger partial charge in [0, 0.05) is 6.04 Å². The van der Waals surface area contributed by atoms with E-state index in [0.29, 0.717) is 6.04 Å². The van der Waals surface area contributed by atoms with Crippen molar-refractivity contribution in [3.63, 3.8) is 0 Å². The van der Waals surface area contributed by atoms with Crippen LogP contribution in [0.3, 0.4) is 0 Å². The molecule has 0 unspecified atom stereocenters. The molecule has 2 saturated carbocycles. The summed E-state index contributed by atoms with van der Waals surface area (Å²) in [7, 11) is 0. The highest BCUT2D eigenvalue weighted by molar-refractivity contribution is 7.71. The molecule has 0 aliphatic heterocycles. The number of aromatic nitrogens is 3. The van der Waals surface area contributed by atoms with Crippen molar-refractivity contribution in [3.8, 4) is 10.7 Å². The minimum Gasteiger partial charge on any atom is -0.296 e. The number of hydrogen-bond acceptors (Lipinski definition) is 3. The summed E-state index contributed by atoms with van der Waals surface area (Å²) in [6.07, 6.45) is 5.68. The standard InChI is InChI=1S/C15H19N3S2/c1-9(12-8-10-4-5-11(12)7-10)18-14(16-17-15(18)19)13-3-2-6-20-13/h2-3,6,9-12H,4-5,7-8H2,1H3,(H,17,19)/t9-,10-,11-,12+/m0/s1. The number of fused-ring (bicyclic) bond motifs is 2. The number of aromatic amines is 1. The van der Waals surface area contributed by atoms with Crippen LogP contribution in [0.25, 0.3) is 10.7 Å². The maximum Gasteiger partial charge on any atom is 0.195 e. The molecule has 0 spiro atoms. The Morgan fingerprint density at radius 2 is 2.35 bits per heavy atom. The molecular formula is C15H19N3S2. The molecule has 1 N–H and O–H groups in total. The van der Waals surface area contributed by atoms with Crippen molar-refractivity contribution < 1.29 is 0 Å². The topological polar surface area (TPSA) is 33.6 Å². The van der Waals surface area contributed by atoms with Gasteiger partial charge in [-0.25, -0.2) is 0 Å². The quantitative estimate of drug-likeness (QED) is 0.836. The third-order valence-electron chi connectivity index (χ3n) is 5.27. The second kappa shape index (κ2) is 4.81. The van der Waals surface area contributed by atoms with Crippen LogP contribution in [0.1, 0.15) is 38.6 Å². The fourth-order valence-corrected chi connectivity index (χ4v) is 5.35. The third kappa shape index (κ3) is 1.91. The number of H-pyrrole nitrogens is 1. The first-order chi connectivity index (χ1) is 9.74. The smallest absolute Gasteiger partial charge is 0.195 e. The Morgan fingerprint density at radius 1 is 1.45 bits per heavy atom. The lowest BCUT2D eigenvalue weighted by Crippen LogP contribution is -2.22. The maximum absolute atomic E-state index is 5.49. The number of thiophene rings is 1. The summed E-state index contributed by atoms with van der Waals surface area (Å²) >= 11 is 7.22. The van der Waals surface area contributed by atoms with Crippen LogP contribution < -0.4 is 0 Å². The van der Waals surface area contributed by atoms with Gasteiger partial charge in [-0.2, -0.15) is 5.10 Å². The lowest BCUT2D eigenvalue weighted by molar-refractivity contribution is 0.242. The fraction of sp³-hybridized carbons (Fsp3) is 0.600. The van der Waals surface area contributed by atoms with E-state index < -0.39 is 0 Å². The lowest BCUT2D eigenvalue weighted by atomic mass is 9.84. The summed E-state index contributed by atoms with van der Waals surface area (Å²) in [5, 5.41) is 9.56. The van der Waals surface area contributed by atoms with Crippen LogP contribution in [0.2, 0.25) is 0 Å². The van der Waals surface area contributed by atoms with Gasteiger partial charge in [-0.05, 0) is 67.6 Å². The van der Waals surface area contributed by atoms with Crippen LogP contribution in [0.4, 0.5) is 0 Å². The summed E-state index contributed by atoms with van der Waals surface area (Å²) in [5.74, 6) is 3.67. The molecule has 0 saturated heterocycles. The third-order valence-corrected chi connectivity index (χ3v) is 6.42. The van der Waals surface area contributed by atoms with Gasteiger partial charge in [-0.15, -0.1) is 11.3 Å². The summed E-state index contributed by atoms with van der Waals surface area (Å²) in [5.41, 5.74) is 0. The average molecular weight is 305 g/mol. The van der Waals surface area contributed by atoms with Crippen LogP contribution in [0.15, 0.2) is 17.5 Å². The maximum atomic E-state index is 5.49. The Kier molecular flexibility index (Phi) is 3.07. The second-order valence-corrected chi connectivity index (χ2v) is 7.61. The highest BCUT2D eigenvalue weighted by Gasteiger charge is 2.42. The van der Waals surface area contributed by atoms with Crippen LogP contribution in [-0.2, 0) is 0 Å². The minimum absolute atomic E-state index is 0.452. The highest BCUT2D eigenvalue weighted by atomic mass is 32.1. The Bertz CT molecular complexity index is 655. The van der Waals surface area contributed by atoms with E-state index in [1.54, 1.807) is 11.3 Å². The van der Waals surface area contributed by atoms with E-state index in [1.165, 1.54) is 30.6 Å². The number of hydrogen-bond donors (Lipinski definition) is 1. The van der Waals surface area contributed by atoms with Crippen molar-refractivity contribution in [2.75, 3.05) is 0 Å². The van der Waals surface area contributed by atoms with Gasteiger partial charge in [-0.3, -0.25) is 9.67 Å². The molecule has 2 fully saturated rings. The van der Waals surface area contributed by atoms with E-state index in [-0.39, 0.29) is 0 Å². The zero-order valence-electron chi connectivity index (χ0n) is 11.6. The van der Waals surface area contributed by atoms with Gasteiger partial charge in [0.25, 0.3) is 0 Å². The summed E-state index contributed by atoms with van der Waals surface area (Å²) in [6, 6.07) is 4.65. The van der Waals surface area contributed by atoms with Crippen LogP contribution in [0, 0.1) is 22.5 Å². The van der Waals surface area contributed by atoms with Gasteiger partial charge < -0.3 is 0 Å². The van der Waals surface area contributed by atoms with Gasteiger partial charge in [0.1, 0.15) is 0 Å². The van der Waals surface area contributed by atoms with Gasteiger partial charge in [0.2, 0.25) is 0 Å². The van der Waals surface area contributed by atoms with Gasteiger partial charge >= 0.3 is 0 Å². The zero-order chi connectivity index (χ0) is 13.7. The van der Waals surface area contributed by atoms with E-state index in [1.807, 2.05) is 0 Å². The van der Waals surface area contributed by atoms with Crippen molar-refractivity contribution in [2.24, 2.45) is 17.8 Å². The van der Waals surface area contributed by atoms with Gasteiger partial charge in [0.05, 0.1) is 4.88 Å². The van der Waals surface area contributed by atoms with Crippen molar-refractivity contribution in [2.45, 2.75) is 38.6 Å². The van der Waals surface area contributed by atoms with E-state index >= 15 is 0 Å². The van der Waals surface area contributed by atoms with Crippen molar-refractivity contribution in [3.05, 3.63) is 22.3 Å². The van der Waals surface area contributed by atoms with E-state index in [0.717, 1.165) is 28.3 Å². The Morgan fingerprint density at radius 3 is 3.00 bits per heavy atom. The monoisotopic (exact) mass is 305 g/mol. The van der Waals surface area contributed by atoms with Gasteiger partial charge in [-0.1, -0.05) is 12.5 Å². The Labute approximate surface area is 128 Å². The average Bonchev–Trinajstić information content (AvgIpc) is 3.21. The molecule has 106 valence electrons. The predicted molar refractivity (Wildman–Crippen MR) is 84.4 cm³/mol. The first-order valence-corrected chi connectivity index (χ1v) is 8.73. The molecule has 2 bridgehead atoms. The number of nitrogens with one attached hydrogen (secondary N) is 1. The molecule has 4 rings (SSSR count). The second-order valence-electron chi connectivity index (χ2n) is 6.28. The van der Waals surface area contributed by atoms with E-state index in [2.05, 4.69) is 39.2 Å². The van der Waals surface area contributed by atoms with E-state index in [4.69, 9.17) is 12.2 Å². The molecule has 5 heteroatoms. The molecule has 2 aliphatic carbocycles. The number of rotatable bonds is 3. The molecule has 3 nitrogen and oxygen atoms in total. The van der Waals surface area contributed by atoms with E-state index in [9.17, 15) is 0 Å². The molecule has 4 atom stereocenters. The largest absolute Gasteiger partial charge is 0.296 e. The Balaban J connectivity index is 1.71. The molecule has 2 aromatic rings. The van der Waals surface area contributed by atoms with Crippen molar-refractivity contribution in [1.29, 1.82) is 0 Å². The molecule has 2 heterocycles. The van der Waals surface area contributed by atoms with Crippen LogP contribution >= 0.6 is 23.6 Å². The normalized spacial score (nSPS) is 29.9. The molecule has 0 aromatic carbocycles. The van der Waals surface area contributed by atoms with Crippen molar-refractivity contribution in [1.82, 2.24) is 14.8 Å². The highest BCUT2D eigenvalue weighted by Crippen LogP contribution is 2.52. The number of nitrogens with zero attached hydrogens (tertiary/aromatic N) is 2. The first kappa shape index (κ1) is 12.8. The SMILES string of the molecule is C[C@@H]([C@H]1C[C@H]2CC[C@H]1C2)n1c(-c2cccs2)n[nH]c1=S. The molecule has 2 aliphatic rings. The summed E-state index contributed by atoms with van der Waals surface area (Å²) in [6.45, 7) is 2.33. The lowest BCUT2D eigenvalue weighted by Gasteiger charge is -2.29. The first-order valence-electron chi connectivity index (χ1n) is 7.45. The molecule has 0 amide bonds. The minimum atomic E-state index is 0.452. The van der Waals surface area contributed by atoms with Crippen LogP contribution in [0.5, 0.6) is 0 Å². The summed E-state index contributed by atoms with van der Waals surface area (Å²) in [4.78, 5) is 1.20. The van der Waals surface area contributed by atoms with Crippen molar-refractivity contribution >= 4 is 23.6 Å². The van der Waals surface area contributed by atoms with Gasteiger partial charge in [0.15, 0.2) is 10.6 Å². The predicted octanol–water partition coefficient (Wildman–Crippen LogP) is 4.67. The van der Waals surface area contributed by atoms with Crippen LogP contribution in [-0.4, -0.2) is 14.8 Å². The zero-order valence-corrected chi connectivity index (χ0v) is 13.2. The summed E-state index contributed by atoms with van der Waals surface area (Å²) < 4.78 is 3.02. The molecule has 2 aromatic heterocycles. The molecular weight excluding hydrogens is 286 g/mol. The fourth-order valence-electron chi connectivity index (χ4n) is 4.34. The molecule has 0 radical (unpaired) electrons. The molecule has 20 heavy (non-hydrogen) atoms.